The van der Waals surface area contributed by atoms with Gasteiger partial charge in [0.2, 0.25) is 0 Å². The summed E-state index contributed by atoms with van der Waals surface area (Å²) in [5.74, 6) is 0.832. The van der Waals surface area contributed by atoms with Crippen molar-refractivity contribution < 1.29 is 9.53 Å². The van der Waals surface area contributed by atoms with Gasteiger partial charge in [0.05, 0.1) is 18.8 Å². The van der Waals surface area contributed by atoms with Gasteiger partial charge in [0.15, 0.2) is 5.78 Å². The molecule has 0 aromatic heterocycles. The Morgan fingerprint density at radius 1 is 1.27 bits per heavy atom. The van der Waals surface area contributed by atoms with E-state index in [2.05, 4.69) is 0 Å². The SMILES string of the molecule is Cc1ccc(C(=O)CN2CC(C)Oc3cccc(N)c32)cc1. The topological polar surface area (TPSA) is 55.6 Å². The van der Waals surface area contributed by atoms with Crippen LogP contribution in [0.15, 0.2) is 42.5 Å². The maximum atomic E-state index is 12.5. The van der Waals surface area contributed by atoms with Crippen LogP contribution in [0.1, 0.15) is 22.8 Å². The third-order valence-electron chi connectivity index (χ3n) is 3.86. The van der Waals surface area contributed by atoms with Crippen molar-refractivity contribution in [2.24, 2.45) is 0 Å². The number of benzene rings is 2. The molecule has 4 nitrogen and oxygen atoms in total. The minimum Gasteiger partial charge on any atom is -0.487 e. The van der Waals surface area contributed by atoms with Crippen LogP contribution in [0.3, 0.4) is 0 Å². The van der Waals surface area contributed by atoms with Crippen LogP contribution in [-0.2, 0) is 0 Å². The number of anilines is 2. The fourth-order valence-corrected chi connectivity index (χ4v) is 2.78. The molecule has 2 N–H and O–H groups in total. The molecule has 0 amide bonds. The summed E-state index contributed by atoms with van der Waals surface area (Å²) < 4.78 is 5.81. The van der Waals surface area contributed by atoms with Gasteiger partial charge in [-0.3, -0.25) is 4.79 Å². The maximum Gasteiger partial charge on any atom is 0.182 e. The van der Waals surface area contributed by atoms with Crippen LogP contribution in [-0.4, -0.2) is 25.0 Å². The summed E-state index contributed by atoms with van der Waals surface area (Å²) in [6, 6.07) is 13.3. The van der Waals surface area contributed by atoms with E-state index >= 15 is 0 Å². The summed E-state index contributed by atoms with van der Waals surface area (Å²) in [5, 5.41) is 0. The quantitative estimate of drug-likeness (QED) is 0.698. The van der Waals surface area contributed by atoms with Crippen molar-refractivity contribution in [3.63, 3.8) is 0 Å². The van der Waals surface area contributed by atoms with Crippen molar-refractivity contribution in [2.75, 3.05) is 23.7 Å². The Morgan fingerprint density at radius 3 is 2.73 bits per heavy atom. The lowest BCUT2D eigenvalue weighted by Crippen LogP contribution is -2.41. The van der Waals surface area contributed by atoms with Crippen LogP contribution in [0, 0.1) is 6.92 Å². The van der Waals surface area contributed by atoms with E-state index < -0.39 is 0 Å². The number of hydrogen-bond acceptors (Lipinski definition) is 4. The number of hydrogen-bond donors (Lipinski definition) is 1. The normalized spacial score (nSPS) is 16.8. The van der Waals surface area contributed by atoms with Gasteiger partial charge < -0.3 is 15.4 Å². The first-order valence-electron chi connectivity index (χ1n) is 7.44. The molecule has 0 saturated carbocycles. The number of aryl methyl sites for hydroxylation is 1. The summed E-state index contributed by atoms with van der Waals surface area (Å²) in [6.45, 7) is 4.96. The molecule has 2 aromatic rings. The van der Waals surface area contributed by atoms with E-state index in [1.54, 1.807) is 0 Å². The number of fused-ring (bicyclic) bond motifs is 1. The molecule has 4 heteroatoms. The summed E-state index contributed by atoms with van der Waals surface area (Å²) in [5.41, 5.74) is 9.41. The smallest absolute Gasteiger partial charge is 0.182 e. The van der Waals surface area contributed by atoms with Gasteiger partial charge in [-0.05, 0) is 26.0 Å². The molecule has 0 aliphatic carbocycles. The van der Waals surface area contributed by atoms with E-state index in [4.69, 9.17) is 10.5 Å². The third-order valence-corrected chi connectivity index (χ3v) is 3.86. The molecule has 0 spiro atoms. The van der Waals surface area contributed by atoms with Gasteiger partial charge in [-0.15, -0.1) is 0 Å². The number of Topliss-reactive ketones (excluding diaryl/α,β-unsaturated/α-hetero) is 1. The van der Waals surface area contributed by atoms with Crippen LogP contribution >= 0.6 is 0 Å². The van der Waals surface area contributed by atoms with Gasteiger partial charge in [-0.2, -0.15) is 0 Å². The second-order valence-electron chi connectivity index (χ2n) is 5.79. The highest BCUT2D eigenvalue weighted by atomic mass is 16.5. The van der Waals surface area contributed by atoms with Crippen molar-refractivity contribution in [3.05, 3.63) is 53.6 Å². The molecule has 3 rings (SSSR count). The Morgan fingerprint density at radius 2 is 2.00 bits per heavy atom. The van der Waals surface area contributed by atoms with Gasteiger partial charge in [0.25, 0.3) is 0 Å². The summed E-state index contributed by atoms with van der Waals surface area (Å²) >= 11 is 0. The number of nitrogens with two attached hydrogens (primary N) is 1. The number of carbonyl (C=O) groups is 1. The zero-order valence-corrected chi connectivity index (χ0v) is 12.9. The van der Waals surface area contributed by atoms with Gasteiger partial charge >= 0.3 is 0 Å². The minimum absolute atomic E-state index is 0.0279. The standard InChI is InChI=1S/C18H20N2O2/c1-12-6-8-14(9-7-12)16(21)11-20-10-13(2)22-17-5-3-4-15(19)18(17)20/h3-9,13H,10-11,19H2,1-2H3. The molecular formula is C18H20N2O2. The van der Waals surface area contributed by atoms with E-state index in [1.807, 2.05) is 61.2 Å². The average molecular weight is 296 g/mol. The van der Waals surface area contributed by atoms with E-state index in [9.17, 15) is 4.79 Å². The largest absolute Gasteiger partial charge is 0.487 e. The first-order chi connectivity index (χ1) is 10.5. The molecule has 114 valence electrons. The summed E-state index contributed by atoms with van der Waals surface area (Å²) in [4.78, 5) is 14.5. The van der Waals surface area contributed by atoms with Gasteiger partial charge in [0, 0.05) is 5.56 Å². The van der Waals surface area contributed by atoms with Crippen LogP contribution < -0.4 is 15.4 Å². The minimum atomic E-state index is 0.0279. The fraction of sp³-hybridized carbons (Fsp3) is 0.278. The van der Waals surface area contributed by atoms with E-state index in [0.29, 0.717) is 18.8 Å². The lowest BCUT2D eigenvalue weighted by atomic mass is 10.1. The molecule has 1 aliphatic heterocycles. The Labute approximate surface area is 130 Å². The molecule has 1 aliphatic rings. The highest BCUT2D eigenvalue weighted by molar-refractivity contribution is 6.00. The van der Waals surface area contributed by atoms with Crippen molar-refractivity contribution in [1.29, 1.82) is 0 Å². The van der Waals surface area contributed by atoms with Crippen molar-refractivity contribution >= 4 is 17.2 Å². The van der Waals surface area contributed by atoms with Crippen molar-refractivity contribution in [2.45, 2.75) is 20.0 Å². The number of nitrogen functional groups attached to an aromatic ring is 1. The Hall–Kier alpha value is -2.49. The molecule has 0 radical (unpaired) electrons. The predicted octanol–water partition coefficient (Wildman–Crippen LogP) is 3.05. The van der Waals surface area contributed by atoms with Crippen LogP contribution in [0.4, 0.5) is 11.4 Å². The molecule has 1 unspecified atom stereocenters. The van der Waals surface area contributed by atoms with Gasteiger partial charge in [-0.1, -0.05) is 35.9 Å². The lowest BCUT2D eigenvalue weighted by Gasteiger charge is -2.35. The fourth-order valence-electron chi connectivity index (χ4n) is 2.78. The second kappa shape index (κ2) is 5.72. The van der Waals surface area contributed by atoms with Crippen LogP contribution in [0.2, 0.25) is 0 Å². The van der Waals surface area contributed by atoms with E-state index in [0.717, 1.165) is 22.6 Å². The molecule has 22 heavy (non-hydrogen) atoms. The first kappa shape index (κ1) is 14.4. The highest BCUT2D eigenvalue weighted by Gasteiger charge is 2.26. The molecular weight excluding hydrogens is 276 g/mol. The number of rotatable bonds is 3. The average Bonchev–Trinajstić information content (AvgIpc) is 2.47. The molecule has 1 atom stereocenters. The van der Waals surface area contributed by atoms with Crippen molar-refractivity contribution in [3.8, 4) is 5.75 Å². The maximum absolute atomic E-state index is 12.5. The van der Waals surface area contributed by atoms with Crippen molar-refractivity contribution in [1.82, 2.24) is 0 Å². The van der Waals surface area contributed by atoms with Gasteiger partial charge in [-0.25, -0.2) is 0 Å². The Kier molecular flexibility index (Phi) is 3.75. The second-order valence-corrected chi connectivity index (χ2v) is 5.79. The Balaban J connectivity index is 1.86. The lowest BCUT2D eigenvalue weighted by molar-refractivity contribution is 0.0994. The van der Waals surface area contributed by atoms with E-state index in [-0.39, 0.29) is 11.9 Å². The number of ether oxygens (including phenoxy) is 1. The van der Waals surface area contributed by atoms with Gasteiger partial charge in [0.1, 0.15) is 17.5 Å². The zero-order chi connectivity index (χ0) is 15.7. The Bertz CT molecular complexity index is 695. The van der Waals surface area contributed by atoms with Crippen LogP contribution in [0.5, 0.6) is 5.75 Å². The summed E-state index contributed by atoms with van der Waals surface area (Å²) in [6.07, 6.45) is 0.0279. The third kappa shape index (κ3) is 2.77. The monoisotopic (exact) mass is 296 g/mol. The van der Waals surface area contributed by atoms with E-state index in [1.165, 1.54) is 0 Å². The molecule has 1 heterocycles. The number of carbonyl (C=O) groups excluding carboxylic acids is 1. The molecule has 0 fully saturated rings. The summed E-state index contributed by atoms with van der Waals surface area (Å²) in [7, 11) is 0. The zero-order valence-electron chi connectivity index (χ0n) is 12.9. The molecule has 0 bridgehead atoms. The molecule has 0 saturated heterocycles. The molecule has 2 aromatic carbocycles. The number of nitrogens with zero attached hydrogens (tertiary/aromatic N) is 1. The van der Waals surface area contributed by atoms with Crippen LogP contribution in [0.25, 0.3) is 0 Å². The predicted molar refractivity (Wildman–Crippen MR) is 88.7 cm³/mol. The number of ketones is 1. The first-order valence-corrected chi connectivity index (χ1v) is 7.44. The number of para-hydroxylation sites is 1. The highest BCUT2D eigenvalue weighted by Crippen LogP contribution is 2.38.